The molecule has 2 heterocycles. The van der Waals surface area contributed by atoms with Crippen molar-refractivity contribution < 1.29 is 19.1 Å². The highest BCUT2D eigenvalue weighted by molar-refractivity contribution is 5.95. The first kappa shape index (κ1) is 25.4. The SMILES string of the molecule is CCOc1cc(C(=O)N2CCCN(c3ccc(C#N)cc3)CC2)ccc1OCC(=O)N1CCCCC1. The average Bonchev–Trinajstić information content (AvgIpc) is 3.19. The van der Waals surface area contributed by atoms with E-state index in [0.29, 0.717) is 42.3 Å². The first-order valence-corrected chi connectivity index (χ1v) is 12.8. The van der Waals surface area contributed by atoms with Crippen molar-refractivity contribution in [2.75, 3.05) is 57.4 Å². The number of carbonyl (C=O) groups is 2. The highest BCUT2D eigenvalue weighted by Gasteiger charge is 2.23. The number of hydrogen-bond acceptors (Lipinski definition) is 6. The molecule has 0 N–H and O–H groups in total. The molecule has 8 heteroatoms. The molecule has 0 spiro atoms. The van der Waals surface area contributed by atoms with Gasteiger partial charge < -0.3 is 24.2 Å². The number of piperidine rings is 1. The largest absolute Gasteiger partial charge is 0.490 e. The van der Waals surface area contributed by atoms with Gasteiger partial charge >= 0.3 is 0 Å². The van der Waals surface area contributed by atoms with Crippen LogP contribution in [0.15, 0.2) is 42.5 Å². The maximum absolute atomic E-state index is 13.3. The van der Waals surface area contributed by atoms with Crippen LogP contribution in [-0.4, -0.2) is 74.1 Å². The van der Waals surface area contributed by atoms with Crippen molar-refractivity contribution in [1.29, 1.82) is 5.26 Å². The van der Waals surface area contributed by atoms with Gasteiger partial charge in [-0.05, 0) is 75.1 Å². The molecule has 4 rings (SSSR count). The summed E-state index contributed by atoms with van der Waals surface area (Å²) in [5, 5.41) is 9.03. The fraction of sp³-hybridized carbons (Fsp3) is 0.464. The summed E-state index contributed by atoms with van der Waals surface area (Å²) in [6.45, 7) is 6.67. The summed E-state index contributed by atoms with van der Waals surface area (Å²) in [6, 6.07) is 14.9. The van der Waals surface area contributed by atoms with Gasteiger partial charge in [0.25, 0.3) is 11.8 Å². The fourth-order valence-electron chi connectivity index (χ4n) is 4.71. The average molecular weight is 491 g/mol. The van der Waals surface area contributed by atoms with Crippen molar-refractivity contribution in [3.8, 4) is 17.6 Å². The molecule has 0 aliphatic carbocycles. The molecular weight excluding hydrogens is 456 g/mol. The third kappa shape index (κ3) is 6.28. The Balaban J connectivity index is 1.39. The van der Waals surface area contributed by atoms with Crippen LogP contribution >= 0.6 is 0 Å². The highest BCUT2D eigenvalue weighted by Crippen LogP contribution is 2.29. The maximum Gasteiger partial charge on any atom is 0.260 e. The van der Waals surface area contributed by atoms with Gasteiger partial charge in [0.2, 0.25) is 0 Å². The minimum Gasteiger partial charge on any atom is -0.490 e. The summed E-state index contributed by atoms with van der Waals surface area (Å²) in [4.78, 5) is 31.8. The summed E-state index contributed by atoms with van der Waals surface area (Å²) >= 11 is 0. The Labute approximate surface area is 213 Å². The molecule has 190 valence electrons. The lowest BCUT2D eigenvalue weighted by molar-refractivity contribution is -0.134. The first-order chi connectivity index (χ1) is 17.6. The number of nitrogens with zero attached hydrogens (tertiary/aromatic N) is 4. The lowest BCUT2D eigenvalue weighted by Crippen LogP contribution is -2.38. The number of benzene rings is 2. The number of rotatable bonds is 7. The van der Waals surface area contributed by atoms with E-state index in [2.05, 4.69) is 11.0 Å². The summed E-state index contributed by atoms with van der Waals surface area (Å²) in [5.74, 6) is 0.882. The minimum atomic E-state index is -0.0476. The Morgan fingerprint density at radius 2 is 1.58 bits per heavy atom. The molecule has 2 aromatic carbocycles. The Kier molecular flexibility index (Phi) is 8.66. The normalized spacial score (nSPS) is 16.2. The van der Waals surface area contributed by atoms with Gasteiger partial charge in [-0.25, -0.2) is 0 Å². The van der Waals surface area contributed by atoms with Crippen molar-refractivity contribution in [1.82, 2.24) is 9.80 Å². The summed E-state index contributed by atoms with van der Waals surface area (Å²) in [5.41, 5.74) is 2.24. The van der Waals surface area contributed by atoms with E-state index in [-0.39, 0.29) is 18.4 Å². The Bertz CT molecular complexity index is 1090. The zero-order valence-corrected chi connectivity index (χ0v) is 20.9. The van der Waals surface area contributed by atoms with Gasteiger partial charge in [-0.3, -0.25) is 9.59 Å². The maximum atomic E-state index is 13.3. The van der Waals surface area contributed by atoms with Crippen LogP contribution in [0.5, 0.6) is 11.5 Å². The van der Waals surface area contributed by atoms with Crippen LogP contribution in [0.1, 0.15) is 48.5 Å². The van der Waals surface area contributed by atoms with E-state index in [9.17, 15) is 9.59 Å². The third-order valence-corrected chi connectivity index (χ3v) is 6.70. The lowest BCUT2D eigenvalue weighted by Gasteiger charge is -2.26. The molecule has 0 atom stereocenters. The number of ether oxygens (including phenoxy) is 2. The molecule has 36 heavy (non-hydrogen) atoms. The summed E-state index contributed by atoms with van der Waals surface area (Å²) in [6.07, 6.45) is 4.09. The number of carbonyl (C=O) groups excluding carboxylic acids is 2. The quantitative estimate of drug-likeness (QED) is 0.588. The van der Waals surface area contributed by atoms with Crippen LogP contribution in [0.2, 0.25) is 0 Å². The summed E-state index contributed by atoms with van der Waals surface area (Å²) < 4.78 is 11.6. The highest BCUT2D eigenvalue weighted by atomic mass is 16.5. The fourth-order valence-corrected chi connectivity index (χ4v) is 4.71. The summed E-state index contributed by atoms with van der Waals surface area (Å²) in [7, 11) is 0. The molecule has 0 bridgehead atoms. The van der Waals surface area contributed by atoms with Crippen molar-refractivity contribution >= 4 is 17.5 Å². The molecule has 0 unspecified atom stereocenters. The Morgan fingerprint density at radius 3 is 2.31 bits per heavy atom. The zero-order valence-electron chi connectivity index (χ0n) is 20.9. The molecule has 0 saturated carbocycles. The van der Waals surface area contributed by atoms with Gasteiger partial charge in [0.1, 0.15) is 0 Å². The standard InChI is InChI=1S/C28H34N4O4/c1-2-35-26-19-23(9-12-25(26)36-21-27(33)31-13-4-3-5-14-31)28(34)32-16-6-15-30(17-18-32)24-10-7-22(20-29)8-11-24/h7-12,19H,2-6,13-18,21H2,1H3. The van der Waals surface area contributed by atoms with E-state index >= 15 is 0 Å². The van der Waals surface area contributed by atoms with Crippen LogP contribution in [0.3, 0.4) is 0 Å². The second kappa shape index (κ2) is 12.3. The van der Waals surface area contributed by atoms with Crippen molar-refractivity contribution in [2.24, 2.45) is 0 Å². The molecule has 2 amide bonds. The third-order valence-electron chi connectivity index (χ3n) is 6.70. The zero-order chi connectivity index (χ0) is 25.3. The molecule has 0 radical (unpaired) electrons. The predicted octanol–water partition coefficient (Wildman–Crippen LogP) is 3.70. The van der Waals surface area contributed by atoms with Gasteiger partial charge in [-0.1, -0.05) is 0 Å². The van der Waals surface area contributed by atoms with E-state index in [1.54, 1.807) is 18.2 Å². The minimum absolute atomic E-state index is 0.0197. The smallest absolute Gasteiger partial charge is 0.260 e. The number of amides is 2. The predicted molar refractivity (Wildman–Crippen MR) is 137 cm³/mol. The number of hydrogen-bond donors (Lipinski definition) is 0. The Hall–Kier alpha value is -3.73. The second-order valence-corrected chi connectivity index (χ2v) is 9.12. The number of anilines is 1. The van der Waals surface area contributed by atoms with Gasteiger partial charge in [0, 0.05) is 50.5 Å². The van der Waals surface area contributed by atoms with E-state index < -0.39 is 0 Å². The van der Waals surface area contributed by atoms with Crippen LogP contribution < -0.4 is 14.4 Å². The molecule has 2 aliphatic heterocycles. The molecule has 8 nitrogen and oxygen atoms in total. The van der Waals surface area contributed by atoms with Crippen molar-refractivity contribution in [3.05, 3.63) is 53.6 Å². The number of nitriles is 1. The van der Waals surface area contributed by atoms with Crippen molar-refractivity contribution in [2.45, 2.75) is 32.6 Å². The first-order valence-electron chi connectivity index (χ1n) is 12.8. The van der Waals surface area contributed by atoms with Gasteiger partial charge in [-0.15, -0.1) is 0 Å². The van der Waals surface area contributed by atoms with Crippen molar-refractivity contribution in [3.63, 3.8) is 0 Å². The van der Waals surface area contributed by atoms with Crippen LogP contribution in [0, 0.1) is 11.3 Å². The van der Waals surface area contributed by atoms with E-state index in [0.717, 1.165) is 51.1 Å². The van der Waals surface area contributed by atoms with Crippen LogP contribution in [0.25, 0.3) is 0 Å². The van der Waals surface area contributed by atoms with Gasteiger partial charge in [-0.2, -0.15) is 5.26 Å². The molecule has 2 aromatic rings. The van der Waals surface area contributed by atoms with Crippen LogP contribution in [-0.2, 0) is 4.79 Å². The monoisotopic (exact) mass is 490 g/mol. The number of likely N-dealkylation sites (tertiary alicyclic amines) is 1. The molecule has 2 fully saturated rings. The van der Waals surface area contributed by atoms with E-state index in [1.807, 2.05) is 41.0 Å². The van der Waals surface area contributed by atoms with E-state index in [1.165, 1.54) is 6.42 Å². The molecule has 0 aromatic heterocycles. The molecular formula is C28H34N4O4. The van der Waals surface area contributed by atoms with Gasteiger partial charge in [0.05, 0.1) is 18.2 Å². The van der Waals surface area contributed by atoms with Crippen LogP contribution in [0.4, 0.5) is 5.69 Å². The van der Waals surface area contributed by atoms with E-state index in [4.69, 9.17) is 14.7 Å². The molecule has 2 aliphatic rings. The Morgan fingerprint density at radius 1 is 0.833 bits per heavy atom. The second-order valence-electron chi connectivity index (χ2n) is 9.12. The lowest BCUT2D eigenvalue weighted by atomic mass is 10.1. The van der Waals surface area contributed by atoms with Gasteiger partial charge in [0.15, 0.2) is 18.1 Å². The topological polar surface area (TPSA) is 86.1 Å². The molecule has 2 saturated heterocycles.